The van der Waals surface area contributed by atoms with Crippen molar-refractivity contribution < 1.29 is 43.9 Å². The summed E-state index contributed by atoms with van der Waals surface area (Å²) in [5.41, 5.74) is 9.34. The van der Waals surface area contributed by atoms with E-state index in [2.05, 4.69) is 30.6 Å². The summed E-state index contributed by atoms with van der Waals surface area (Å²) in [4.78, 5) is 18.7. The van der Waals surface area contributed by atoms with Gasteiger partial charge < -0.3 is 18.6 Å². The molecule has 8 aromatic heterocycles. The van der Waals surface area contributed by atoms with Gasteiger partial charge in [-0.15, -0.1) is 10.2 Å². The molecule has 2 aliphatic carbocycles. The van der Waals surface area contributed by atoms with Crippen molar-refractivity contribution in [3.8, 4) is 34.3 Å². The molecule has 452 valence electrons. The van der Waals surface area contributed by atoms with Crippen molar-refractivity contribution >= 4 is 63.5 Å². The van der Waals surface area contributed by atoms with E-state index < -0.39 is 43.6 Å². The summed E-state index contributed by atoms with van der Waals surface area (Å²) in [5, 5.41) is 17.6. The van der Waals surface area contributed by atoms with Crippen molar-refractivity contribution in [3.63, 3.8) is 0 Å². The highest BCUT2D eigenvalue weighted by atomic mass is 32.2. The molecular weight excluding hydrogens is 1150 g/mol. The van der Waals surface area contributed by atoms with Crippen LogP contribution in [0, 0.1) is 25.7 Å². The molecule has 24 heteroatoms. The molecule has 2 aromatic carbocycles. The number of aromatic nitrogens is 12. The van der Waals surface area contributed by atoms with Crippen LogP contribution in [0.5, 0.6) is 11.8 Å². The van der Waals surface area contributed by atoms with E-state index in [4.69, 9.17) is 19.4 Å². The zero-order chi connectivity index (χ0) is 61.4. The normalized spacial score (nSPS) is 16.7. The molecule has 0 bridgehead atoms. The number of alkyl halides is 4. The molecule has 86 heavy (non-hydrogen) atoms. The Bertz CT molecular complexity index is 4090. The second-order valence-corrected chi connectivity index (χ2v) is 27.5. The first kappa shape index (κ1) is 59.9. The molecule has 12 rings (SSSR count). The SMILES string of the molecule is Cc1nnn(C)c1-c1cnc2c3c(OC(C)C)ncc(S(C)(=O)=O)c3n(C(c3ccccc3)C3CCC(F)(F)CC3)c2c1.Cc1nnn(C)c1-c1cnc2c3c(OC(C)C)ncc(S(C)(=O)=O)c3n(C(c3ccccc3)C3CCC(F)(F)CC3)c2c1. The molecule has 0 radical (unpaired) electrons. The molecule has 2 aliphatic rings. The van der Waals surface area contributed by atoms with Crippen molar-refractivity contribution in [3.05, 3.63) is 120 Å². The summed E-state index contributed by atoms with van der Waals surface area (Å²) >= 11 is 0. The standard InChI is InChI=1S/2C31H34F2N6O3S/c2*1-18(2)42-30-25-26-23(15-22(16-34-26)27-19(3)36-37-38(27)4)39(29(25)24(17-35-30)43(5,40)41)28(20-9-7-6-8-10-20)21-11-13-31(32,33)14-12-21/h2*6-10,15-18,21,28H,11-14H2,1-5H3. The summed E-state index contributed by atoms with van der Waals surface area (Å²) < 4.78 is 131. The van der Waals surface area contributed by atoms with Crippen molar-refractivity contribution in [1.82, 2.24) is 59.1 Å². The highest BCUT2D eigenvalue weighted by Crippen LogP contribution is 2.51. The number of hydrogen-bond donors (Lipinski definition) is 0. The third kappa shape index (κ3) is 11.4. The Hall–Kier alpha value is -7.86. The number of halogens is 4. The van der Waals surface area contributed by atoms with Gasteiger partial charge in [0.05, 0.1) is 92.3 Å². The average molecular weight is 1220 g/mol. The number of benzene rings is 2. The van der Waals surface area contributed by atoms with E-state index >= 15 is 0 Å². The lowest BCUT2D eigenvalue weighted by Gasteiger charge is -2.36. The summed E-state index contributed by atoms with van der Waals surface area (Å²) in [6.45, 7) is 11.2. The maximum absolute atomic E-state index is 14.4. The van der Waals surface area contributed by atoms with Crippen molar-refractivity contribution in [2.45, 2.75) is 139 Å². The van der Waals surface area contributed by atoms with Gasteiger partial charge in [-0.05, 0) is 102 Å². The van der Waals surface area contributed by atoms with E-state index in [0.717, 1.165) is 46.2 Å². The number of aryl methyl sites for hydroxylation is 4. The molecule has 0 aliphatic heterocycles. The Morgan fingerprint density at radius 3 is 1.19 bits per heavy atom. The van der Waals surface area contributed by atoms with Gasteiger partial charge in [0.15, 0.2) is 19.7 Å². The first-order chi connectivity index (χ1) is 40.7. The average Bonchev–Trinajstić information content (AvgIpc) is 1.58. The third-order valence-corrected chi connectivity index (χ3v) is 18.7. The number of ether oxygens (including phenoxy) is 2. The molecule has 0 amide bonds. The number of fused-ring (bicyclic) bond motifs is 6. The Labute approximate surface area is 495 Å². The summed E-state index contributed by atoms with van der Waals surface area (Å²) in [6.07, 6.45) is 8.08. The first-order valence-corrected chi connectivity index (χ1v) is 32.5. The zero-order valence-corrected chi connectivity index (χ0v) is 51.1. The Kier molecular flexibility index (Phi) is 15.8. The van der Waals surface area contributed by atoms with Gasteiger partial charge in [0.1, 0.15) is 20.8 Å². The molecule has 2 atom stereocenters. The van der Waals surface area contributed by atoms with Gasteiger partial charge in [-0.2, -0.15) is 0 Å². The van der Waals surface area contributed by atoms with Crippen molar-refractivity contribution in [1.29, 1.82) is 0 Å². The van der Waals surface area contributed by atoms with Crippen LogP contribution < -0.4 is 9.47 Å². The number of hydrogen-bond acceptors (Lipinski definition) is 14. The molecule has 0 saturated heterocycles. The van der Waals surface area contributed by atoms with Gasteiger partial charge >= 0.3 is 0 Å². The van der Waals surface area contributed by atoms with Crippen LogP contribution in [0.4, 0.5) is 17.6 Å². The van der Waals surface area contributed by atoms with Crippen LogP contribution in [0.3, 0.4) is 0 Å². The third-order valence-electron chi connectivity index (χ3n) is 16.5. The lowest BCUT2D eigenvalue weighted by atomic mass is 9.79. The molecule has 10 aromatic rings. The fourth-order valence-electron chi connectivity index (χ4n) is 12.8. The minimum absolute atomic E-state index is 0.0265. The van der Waals surface area contributed by atoms with Crippen LogP contribution in [-0.4, -0.2) is 112 Å². The van der Waals surface area contributed by atoms with Gasteiger partial charge in [-0.25, -0.2) is 53.7 Å². The molecule has 8 heterocycles. The quantitative estimate of drug-likeness (QED) is 0.0928. The summed E-state index contributed by atoms with van der Waals surface area (Å²) in [7, 11) is -3.98. The van der Waals surface area contributed by atoms with Crippen LogP contribution in [0.25, 0.3) is 66.4 Å². The van der Waals surface area contributed by atoms with E-state index in [1.807, 2.05) is 123 Å². The topological polar surface area (TPSA) is 210 Å². The lowest BCUT2D eigenvalue weighted by Crippen LogP contribution is -2.30. The first-order valence-electron chi connectivity index (χ1n) is 28.7. The molecular formula is C62H68F4N12O6S2. The van der Waals surface area contributed by atoms with Crippen LogP contribution in [0.1, 0.15) is 114 Å². The highest BCUT2D eigenvalue weighted by Gasteiger charge is 2.43. The van der Waals surface area contributed by atoms with Gasteiger partial charge in [-0.3, -0.25) is 9.97 Å². The molecule has 0 spiro atoms. The molecule has 2 unspecified atom stereocenters. The largest absolute Gasteiger partial charge is 0.474 e. The Balaban J connectivity index is 0.000000179. The Morgan fingerprint density at radius 2 is 0.884 bits per heavy atom. The van der Waals surface area contributed by atoms with Crippen molar-refractivity contribution in [2.75, 3.05) is 12.5 Å². The zero-order valence-electron chi connectivity index (χ0n) is 49.5. The Morgan fingerprint density at radius 1 is 0.535 bits per heavy atom. The minimum Gasteiger partial charge on any atom is -0.474 e. The maximum Gasteiger partial charge on any atom is 0.248 e. The van der Waals surface area contributed by atoms with Gasteiger partial charge in [0.2, 0.25) is 23.6 Å². The predicted molar refractivity (Wildman–Crippen MR) is 320 cm³/mol. The van der Waals surface area contributed by atoms with Crippen molar-refractivity contribution in [2.24, 2.45) is 25.9 Å². The van der Waals surface area contributed by atoms with Gasteiger partial charge in [0, 0.05) is 75.8 Å². The molecule has 18 nitrogen and oxygen atoms in total. The maximum atomic E-state index is 14.4. The minimum atomic E-state index is -3.79. The highest BCUT2D eigenvalue weighted by molar-refractivity contribution is 7.91. The van der Waals surface area contributed by atoms with E-state index in [-0.39, 0.29) is 97.0 Å². The van der Waals surface area contributed by atoms with E-state index in [0.29, 0.717) is 55.3 Å². The van der Waals surface area contributed by atoms with E-state index in [9.17, 15) is 34.4 Å². The second-order valence-electron chi connectivity index (χ2n) is 23.5. The van der Waals surface area contributed by atoms with Crippen LogP contribution >= 0.6 is 0 Å². The lowest BCUT2D eigenvalue weighted by molar-refractivity contribution is -0.0498. The van der Waals surface area contributed by atoms with E-state index in [1.165, 1.54) is 12.4 Å². The number of nitrogens with zero attached hydrogens (tertiary/aromatic N) is 12. The van der Waals surface area contributed by atoms with E-state index in [1.54, 1.807) is 35.9 Å². The molecule has 2 saturated carbocycles. The number of pyridine rings is 4. The van der Waals surface area contributed by atoms with Crippen LogP contribution in [0.15, 0.2) is 107 Å². The second kappa shape index (κ2) is 22.8. The molecule has 2 fully saturated rings. The van der Waals surface area contributed by atoms with Crippen LogP contribution in [0.2, 0.25) is 0 Å². The number of sulfone groups is 2. The smallest absolute Gasteiger partial charge is 0.248 e. The predicted octanol–water partition coefficient (Wildman–Crippen LogP) is 12.6. The fourth-order valence-corrected chi connectivity index (χ4v) is 14.4. The monoisotopic (exact) mass is 1220 g/mol. The number of rotatable bonds is 14. The fraction of sp³-hybridized carbons (Fsp3) is 0.419. The summed E-state index contributed by atoms with van der Waals surface area (Å²) in [5.74, 6) is -5.31. The summed E-state index contributed by atoms with van der Waals surface area (Å²) in [6, 6.07) is 22.3. The molecule has 0 N–H and O–H groups in total. The van der Waals surface area contributed by atoms with Gasteiger partial charge in [0.25, 0.3) is 0 Å². The van der Waals surface area contributed by atoms with Crippen LogP contribution in [-0.2, 0) is 33.8 Å². The van der Waals surface area contributed by atoms with Gasteiger partial charge in [-0.1, -0.05) is 71.1 Å².